The van der Waals surface area contributed by atoms with Gasteiger partial charge in [0.25, 0.3) is 0 Å². The molecule has 146 valence electrons. The van der Waals surface area contributed by atoms with Crippen LogP contribution in [0.25, 0.3) is 0 Å². The predicted octanol–water partition coefficient (Wildman–Crippen LogP) is 4.84. The van der Waals surface area contributed by atoms with Crippen molar-refractivity contribution in [1.29, 1.82) is 0 Å². The molecule has 2 saturated heterocycles. The SMILES string of the molecule is O=C1CS[C@H](c2cccc(Cl)c2)N1CCN1C(=O)CS[C@H]1c1ccc(Cl)cc1. The largest absolute Gasteiger partial charge is 0.324 e. The van der Waals surface area contributed by atoms with Gasteiger partial charge < -0.3 is 9.80 Å². The van der Waals surface area contributed by atoms with E-state index in [2.05, 4.69) is 0 Å². The highest BCUT2D eigenvalue weighted by atomic mass is 35.5. The van der Waals surface area contributed by atoms with Gasteiger partial charge in [-0.2, -0.15) is 0 Å². The van der Waals surface area contributed by atoms with Crippen LogP contribution in [0.15, 0.2) is 48.5 Å². The van der Waals surface area contributed by atoms with Crippen LogP contribution in [0.2, 0.25) is 10.0 Å². The zero-order valence-electron chi connectivity index (χ0n) is 14.9. The van der Waals surface area contributed by atoms with E-state index in [0.29, 0.717) is 34.6 Å². The molecular formula is C20H18Cl2N2O2S2. The molecule has 2 aromatic carbocycles. The van der Waals surface area contributed by atoms with Crippen molar-refractivity contribution in [2.24, 2.45) is 0 Å². The number of hydrogen-bond acceptors (Lipinski definition) is 4. The van der Waals surface area contributed by atoms with E-state index in [1.54, 1.807) is 23.5 Å². The molecule has 28 heavy (non-hydrogen) atoms. The van der Waals surface area contributed by atoms with Crippen LogP contribution < -0.4 is 0 Å². The minimum atomic E-state index is -0.0643. The summed E-state index contributed by atoms with van der Waals surface area (Å²) in [5.41, 5.74) is 2.06. The number of halogens is 2. The van der Waals surface area contributed by atoms with Gasteiger partial charge in [-0.25, -0.2) is 0 Å². The van der Waals surface area contributed by atoms with Crippen molar-refractivity contribution in [1.82, 2.24) is 9.80 Å². The van der Waals surface area contributed by atoms with Crippen molar-refractivity contribution >= 4 is 58.5 Å². The first-order chi connectivity index (χ1) is 13.5. The van der Waals surface area contributed by atoms with Gasteiger partial charge in [-0.1, -0.05) is 47.5 Å². The molecule has 0 spiro atoms. The lowest BCUT2D eigenvalue weighted by molar-refractivity contribution is -0.132. The summed E-state index contributed by atoms with van der Waals surface area (Å²) in [5, 5.41) is 1.23. The van der Waals surface area contributed by atoms with E-state index in [-0.39, 0.29) is 22.6 Å². The smallest absolute Gasteiger partial charge is 0.233 e. The maximum absolute atomic E-state index is 12.5. The lowest BCUT2D eigenvalue weighted by atomic mass is 10.2. The van der Waals surface area contributed by atoms with E-state index >= 15 is 0 Å². The number of hydrogen-bond donors (Lipinski definition) is 0. The van der Waals surface area contributed by atoms with Crippen molar-refractivity contribution in [3.63, 3.8) is 0 Å². The molecule has 2 fully saturated rings. The molecule has 2 aromatic rings. The average molecular weight is 453 g/mol. The van der Waals surface area contributed by atoms with Gasteiger partial charge >= 0.3 is 0 Å². The highest BCUT2D eigenvalue weighted by Crippen LogP contribution is 2.41. The molecular weight excluding hydrogens is 435 g/mol. The molecule has 2 amide bonds. The van der Waals surface area contributed by atoms with Gasteiger partial charge in [0.15, 0.2) is 0 Å². The molecule has 0 bridgehead atoms. The second-order valence-electron chi connectivity index (χ2n) is 6.61. The van der Waals surface area contributed by atoms with E-state index in [9.17, 15) is 9.59 Å². The molecule has 2 heterocycles. The number of thioether (sulfide) groups is 2. The Kier molecular flexibility index (Phi) is 6.11. The van der Waals surface area contributed by atoms with Crippen molar-refractivity contribution in [2.75, 3.05) is 24.6 Å². The Balaban J connectivity index is 1.49. The van der Waals surface area contributed by atoms with Crippen LogP contribution in [0.4, 0.5) is 0 Å². The van der Waals surface area contributed by atoms with Gasteiger partial charge in [0.05, 0.1) is 11.5 Å². The van der Waals surface area contributed by atoms with Crippen LogP contribution in [0.3, 0.4) is 0 Å². The van der Waals surface area contributed by atoms with Crippen LogP contribution in [0.1, 0.15) is 21.9 Å². The number of amides is 2. The summed E-state index contributed by atoms with van der Waals surface area (Å²) in [4.78, 5) is 28.6. The van der Waals surface area contributed by atoms with Gasteiger partial charge in [-0.15, -0.1) is 23.5 Å². The molecule has 0 N–H and O–H groups in total. The van der Waals surface area contributed by atoms with Gasteiger partial charge in [0.1, 0.15) is 10.7 Å². The molecule has 2 aliphatic rings. The van der Waals surface area contributed by atoms with Gasteiger partial charge in [0, 0.05) is 23.1 Å². The van der Waals surface area contributed by atoms with E-state index in [1.807, 2.05) is 58.3 Å². The second-order valence-corrected chi connectivity index (χ2v) is 9.62. The molecule has 0 aromatic heterocycles. The summed E-state index contributed by atoms with van der Waals surface area (Å²) >= 11 is 15.3. The minimum absolute atomic E-state index is 0.0419. The first-order valence-corrected chi connectivity index (χ1v) is 11.7. The maximum Gasteiger partial charge on any atom is 0.233 e. The van der Waals surface area contributed by atoms with Gasteiger partial charge in [-0.3, -0.25) is 9.59 Å². The van der Waals surface area contributed by atoms with E-state index < -0.39 is 0 Å². The normalized spacial score (nSPS) is 22.4. The third-order valence-corrected chi connectivity index (χ3v) is 7.81. The number of nitrogens with zero attached hydrogens (tertiary/aromatic N) is 2. The summed E-state index contributed by atoms with van der Waals surface area (Å²) in [7, 11) is 0. The fourth-order valence-corrected chi connectivity index (χ4v) is 6.20. The van der Waals surface area contributed by atoms with E-state index in [4.69, 9.17) is 23.2 Å². The Morgan fingerprint density at radius 2 is 1.36 bits per heavy atom. The molecule has 8 heteroatoms. The van der Waals surface area contributed by atoms with Gasteiger partial charge in [-0.05, 0) is 35.4 Å². The molecule has 0 saturated carbocycles. The first-order valence-electron chi connectivity index (χ1n) is 8.86. The molecule has 0 unspecified atom stereocenters. The molecule has 4 rings (SSSR count). The minimum Gasteiger partial charge on any atom is -0.324 e. The van der Waals surface area contributed by atoms with Crippen LogP contribution in [0, 0.1) is 0 Å². The van der Waals surface area contributed by atoms with Crippen molar-refractivity contribution in [3.8, 4) is 0 Å². The van der Waals surface area contributed by atoms with Gasteiger partial charge in [0.2, 0.25) is 11.8 Å². The standard InChI is InChI=1S/C20H18Cl2N2O2S2/c21-15-6-4-13(5-7-15)19-23(17(25)11-27-19)8-9-24-18(26)12-28-20(24)14-2-1-3-16(22)10-14/h1-7,10,19-20H,8-9,11-12H2/t19-,20+/m0/s1. The Morgan fingerprint density at radius 1 is 0.786 bits per heavy atom. The van der Waals surface area contributed by atoms with E-state index in [0.717, 1.165) is 11.1 Å². The predicted molar refractivity (Wildman–Crippen MR) is 117 cm³/mol. The second kappa shape index (κ2) is 8.57. The summed E-state index contributed by atoms with van der Waals surface area (Å²) in [6.45, 7) is 1.00. The number of benzene rings is 2. The zero-order chi connectivity index (χ0) is 19.7. The number of carbonyl (C=O) groups is 2. The lowest BCUT2D eigenvalue weighted by Crippen LogP contribution is -2.39. The summed E-state index contributed by atoms with van der Waals surface area (Å²) in [6.07, 6.45) is 0. The quantitative estimate of drug-likeness (QED) is 0.650. The Bertz CT molecular complexity index is 894. The van der Waals surface area contributed by atoms with E-state index in [1.165, 1.54) is 0 Å². The first kappa shape index (κ1) is 20.0. The summed E-state index contributed by atoms with van der Waals surface area (Å²) in [6, 6.07) is 15.2. The lowest BCUT2D eigenvalue weighted by Gasteiger charge is -2.29. The molecule has 0 radical (unpaired) electrons. The molecule has 0 aliphatic carbocycles. The Hall–Kier alpha value is -1.34. The summed E-state index contributed by atoms with van der Waals surface area (Å²) < 4.78 is 0. The monoisotopic (exact) mass is 452 g/mol. The van der Waals surface area contributed by atoms with Crippen LogP contribution >= 0.6 is 46.7 Å². The average Bonchev–Trinajstić information content (AvgIpc) is 3.23. The zero-order valence-corrected chi connectivity index (χ0v) is 18.0. The fourth-order valence-electron chi connectivity index (χ4n) is 3.45. The van der Waals surface area contributed by atoms with Crippen molar-refractivity contribution in [3.05, 3.63) is 69.7 Å². The summed E-state index contributed by atoms with van der Waals surface area (Å²) in [5.74, 6) is 1.09. The molecule has 2 atom stereocenters. The Labute approximate surface area is 182 Å². The highest BCUT2D eigenvalue weighted by Gasteiger charge is 2.36. The van der Waals surface area contributed by atoms with Crippen LogP contribution in [0.5, 0.6) is 0 Å². The number of rotatable bonds is 5. The molecule has 4 nitrogen and oxygen atoms in total. The van der Waals surface area contributed by atoms with Crippen LogP contribution in [-0.2, 0) is 9.59 Å². The third kappa shape index (κ3) is 4.15. The third-order valence-electron chi connectivity index (χ3n) is 4.81. The highest BCUT2D eigenvalue weighted by molar-refractivity contribution is 8.00. The Morgan fingerprint density at radius 3 is 1.93 bits per heavy atom. The number of carbonyl (C=O) groups excluding carboxylic acids is 2. The molecule has 2 aliphatic heterocycles. The fraction of sp³-hybridized carbons (Fsp3) is 0.300. The maximum atomic E-state index is 12.5. The van der Waals surface area contributed by atoms with Crippen molar-refractivity contribution < 1.29 is 9.59 Å². The van der Waals surface area contributed by atoms with Crippen molar-refractivity contribution in [2.45, 2.75) is 10.7 Å². The topological polar surface area (TPSA) is 40.6 Å². The van der Waals surface area contributed by atoms with Crippen LogP contribution in [-0.4, -0.2) is 46.2 Å².